The Labute approximate surface area is 175 Å². The number of likely N-dealkylation sites (N-methyl/N-ethyl adjacent to an activating group) is 1. The second-order valence-electron chi connectivity index (χ2n) is 6.39. The highest BCUT2D eigenvalue weighted by atomic mass is 127. The minimum atomic E-state index is -0.788. The van der Waals surface area contributed by atoms with Crippen molar-refractivity contribution < 1.29 is 4.79 Å². The van der Waals surface area contributed by atoms with Crippen LogP contribution in [0, 0.1) is 3.57 Å². The zero-order chi connectivity index (χ0) is 19.7. The molecule has 1 atom stereocenters. The number of carbonyl (C=O) groups excluding carboxylic acids is 1. The molecule has 1 amide bonds. The fourth-order valence-electron chi connectivity index (χ4n) is 3.44. The number of nitrogens with one attached hydrogen (secondary N) is 1. The Kier molecular flexibility index (Phi) is 5.04. The van der Waals surface area contributed by atoms with Crippen LogP contribution in [-0.2, 0) is 4.79 Å². The monoisotopic (exact) mass is 483 g/mol. The number of amides is 1. The molecule has 1 N–H and O–H groups in total. The number of fused-ring (bicyclic) bond motifs is 1. The van der Waals surface area contributed by atoms with Gasteiger partial charge in [-0.3, -0.25) is 9.59 Å². The zero-order valence-electron chi connectivity index (χ0n) is 15.2. The van der Waals surface area contributed by atoms with Gasteiger partial charge in [0.05, 0.1) is 16.6 Å². The number of hydrogen-bond acceptors (Lipinski definition) is 2. The molecule has 0 spiro atoms. The first-order chi connectivity index (χ1) is 13.6. The van der Waals surface area contributed by atoms with Crippen LogP contribution in [0.2, 0.25) is 0 Å². The molecule has 0 radical (unpaired) electrons. The summed E-state index contributed by atoms with van der Waals surface area (Å²) in [5.74, 6) is -0.247. The van der Waals surface area contributed by atoms with Crippen LogP contribution < -0.4 is 10.9 Å². The van der Waals surface area contributed by atoms with Gasteiger partial charge in [0, 0.05) is 10.6 Å². The van der Waals surface area contributed by atoms with Gasteiger partial charge >= 0.3 is 0 Å². The molecule has 0 aliphatic rings. The average Bonchev–Trinajstić information content (AvgIpc) is 3.01. The molecule has 6 heteroatoms. The third-order valence-electron chi connectivity index (χ3n) is 4.70. The van der Waals surface area contributed by atoms with E-state index in [1.54, 1.807) is 11.7 Å². The lowest BCUT2D eigenvalue weighted by Gasteiger charge is -2.21. The molecule has 4 aromatic rings. The summed E-state index contributed by atoms with van der Waals surface area (Å²) in [6.07, 6.45) is 0. The van der Waals surface area contributed by atoms with Gasteiger partial charge in [-0.25, -0.2) is 9.36 Å². The van der Waals surface area contributed by atoms with Gasteiger partial charge in [-0.15, -0.1) is 0 Å². The maximum absolute atomic E-state index is 13.5. The van der Waals surface area contributed by atoms with E-state index in [-0.39, 0.29) is 11.5 Å². The standard InChI is InChI=1S/C22H18IN3O2/c1-24-21(27)20(15-8-4-2-5-9-15)26-22(28)18-14-16(23)12-13-19(18)25(26)17-10-6-3-7-11-17/h2-14,20H,1H3,(H,24,27). The molecule has 1 unspecified atom stereocenters. The van der Waals surface area contributed by atoms with E-state index in [4.69, 9.17) is 0 Å². The van der Waals surface area contributed by atoms with Crippen LogP contribution in [0.15, 0.2) is 83.7 Å². The summed E-state index contributed by atoms with van der Waals surface area (Å²) in [5, 5.41) is 3.29. The second-order valence-corrected chi connectivity index (χ2v) is 7.63. The van der Waals surface area contributed by atoms with E-state index in [9.17, 15) is 9.59 Å². The summed E-state index contributed by atoms with van der Waals surface area (Å²) in [5.41, 5.74) is 2.13. The van der Waals surface area contributed by atoms with E-state index in [1.807, 2.05) is 83.5 Å². The fourth-order valence-corrected chi connectivity index (χ4v) is 3.93. The molecule has 4 rings (SSSR count). The van der Waals surface area contributed by atoms with E-state index in [0.29, 0.717) is 5.39 Å². The first-order valence-electron chi connectivity index (χ1n) is 8.86. The van der Waals surface area contributed by atoms with Gasteiger partial charge < -0.3 is 5.32 Å². The van der Waals surface area contributed by atoms with Crippen LogP contribution in [-0.4, -0.2) is 22.3 Å². The number of para-hydroxylation sites is 1. The van der Waals surface area contributed by atoms with E-state index < -0.39 is 6.04 Å². The van der Waals surface area contributed by atoms with E-state index in [0.717, 1.165) is 20.3 Å². The van der Waals surface area contributed by atoms with Crippen LogP contribution in [0.4, 0.5) is 0 Å². The summed E-state index contributed by atoms with van der Waals surface area (Å²) in [6, 6.07) is 23.9. The minimum Gasteiger partial charge on any atom is -0.357 e. The lowest BCUT2D eigenvalue weighted by atomic mass is 10.1. The topological polar surface area (TPSA) is 56.0 Å². The summed E-state index contributed by atoms with van der Waals surface area (Å²) >= 11 is 2.19. The average molecular weight is 483 g/mol. The molecule has 5 nitrogen and oxygen atoms in total. The maximum atomic E-state index is 13.5. The molecule has 0 aliphatic carbocycles. The van der Waals surface area contributed by atoms with Crippen molar-refractivity contribution in [1.82, 2.24) is 14.7 Å². The molecule has 0 saturated carbocycles. The highest BCUT2D eigenvalue weighted by molar-refractivity contribution is 14.1. The normalized spacial score (nSPS) is 12.1. The number of carbonyl (C=O) groups is 1. The van der Waals surface area contributed by atoms with E-state index in [1.165, 1.54) is 0 Å². The van der Waals surface area contributed by atoms with Gasteiger partial charge in [0.15, 0.2) is 6.04 Å². The zero-order valence-corrected chi connectivity index (χ0v) is 17.3. The minimum absolute atomic E-state index is 0.199. The van der Waals surface area contributed by atoms with Gasteiger partial charge in [0.25, 0.3) is 5.56 Å². The van der Waals surface area contributed by atoms with Crippen molar-refractivity contribution in [3.8, 4) is 5.69 Å². The molecule has 1 heterocycles. The third-order valence-corrected chi connectivity index (χ3v) is 5.37. The van der Waals surface area contributed by atoms with E-state index in [2.05, 4.69) is 27.9 Å². The first-order valence-corrected chi connectivity index (χ1v) is 9.94. The molecule has 0 saturated heterocycles. The molecule has 1 aromatic heterocycles. The molecule has 0 bridgehead atoms. The summed E-state index contributed by atoms with van der Waals surface area (Å²) in [6.45, 7) is 0. The molecule has 0 aliphatic heterocycles. The molecular weight excluding hydrogens is 465 g/mol. The highest BCUT2D eigenvalue weighted by Crippen LogP contribution is 2.25. The van der Waals surface area contributed by atoms with Crippen molar-refractivity contribution in [3.05, 3.63) is 98.4 Å². The Morgan fingerprint density at radius 3 is 2.25 bits per heavy atom. The first kappa shape index (κ1) is 18.5. The van der Waals surface area contributed by atoms with Crippen molar-refractivity contribution >= 4 is 39.4 Å². The van der Waals surface area contributed by atoms with Crippen molar-refractivity contribution in [2.45, 2.75) is 6.04 Å². The van der Waals surface area contributed by atoms with Gasteiger partial charge in [-0.2, -0.15) is 0 Å². The number of nitrogens with zero attached hydrogens (tertiary/aromatic N) is 2. The molecule has 140 valence electrons. The number of benzene rings is 3. The Bertz CT molecular complexity index is 1200. The number of rotatable bonds is 4. The number of halogens is 1. The predicted octanol–water partition coefficient (Wildman–Crippen LogP) is 3.73. The number of aromatic nitrogens is 2. The van der Waals surface area contributed by atoms with Crippen LogP contribution in [0.3, 0.4) is 0 Å². The molecule has 3 aromatic carbocycles. The highest BCUT2D eigenvalue weighted by Gasteiger charge is 2.28. The van der Waals surface area contributed by atoms with Gasteiger partial charge in [-0.05, 0) is 58.5 Å². The maximum Gasteiger partial charge on any atom is 0.276 e. The van der Waals surface area contributed by atoms with Crippen LogP contribution in [0.5, 0.6) is 0 Å². The summed E-state index contributed by atoms with van der Waals surface area (Å²) in [7, 11) is 1.59. The lowest BCUT2D eigenvalue weighted by Crippen LogP contribution is -2.38. The SMILES string of the molecule is CNC(=O)C(c1ccccc1)n1c(=O)c2cc(I)ccc2n1-c1ccccc1. The summed E-state index contributed by atoms with van der Waals surface area (Å²) in [4.78, 5) is 26.4. The van der Waals surface area contributed by atoms with Gasteiger partial charge in [0.1, 0.15) is 0 Å². The Morgan fingerprint density at radius 1 is 0.964 bits per heavy atom. The molecular formula is C22H18IN3O2. The van der Waals surface area contributed by atoms with Gasteiger partial charge in [-0.1, -0.05) is 48.5 Å². The van der Waals surface area contributed by atoms with Crippen LogP contribution >= 0.6 is 22.6 Å². The number of hydrogen-bond donors (Lipinski definition) is 1. The van der Waals surface area contributed by atoms with Crippen molar-refractivity contribution in [3.63, 3.8) is 0 Å². The fraction of sp³-hybridized carbons (Fsp3) is 0.0909. The summed E-state index contributed by atoms with van der Waals surface area (Å²) < 4.78 is 4.35. The van der Waals surface area contributed by atoms with Crippen molar-refractivity contribution in [2.75, 3.05) is 7.05 Å². The quantitative estimate of drug-likeness (QED) is 0.450. The Hall–Kier alpha value is -2.87. The smallest absolute Gasteiger partial charge is 0.276 e. The van der Waals surface area contributed by atoms with E-state index >= 15 is 0 Å². The Morgan fingerprint density at radius 2 is 1.61 bits per heavy atom. The Balaban J connectivity index is 2.11. The molecule has 0 fully saturated rings. The molecule has 28 heavy (non-hydrogen) atoms. The van der Waals surface area contributed by atoms with Crippen molar-refractivity contribution in [1.29, 1.82) is 0 Å². The lowest BCUT2D eigenvalue weighted by molar-refractivity contribution is -0.123. The third kappa shape index (κ3) is 3.13. The second kappa shape index (κ2) is 7.63. The van der Waals surface area contributed by atoms with Crippen LogP contribution in [0.1, 0.15) is 11.6 Å². The van der Waals surface area contributed by atoms with Crippen molar-refractivity contribution in [2.24, 2.45) is 0 Å². The largest absolute Gasteiger partial charge is 0.357 e. The van der Waals surface area contributed by atoms with Crippen LogP contribution in [0.25, 0.3) is 16.6 Å². The predicted molar refractivity (Wildman–Crippen MR) is 119 cm³/mol. The van der Waals surface area contributed by atoms with Gasteiger partial charge in [0.2, 0.25) is 5.91 Å².